The molecular weight excluding hydrogens is 227 g/mol. The summed E-state index contributed by atoms with van der Waals surface area (Å²) in [5, 5.41) is 3.01. The van der Waals surface area contributed by atoms with Gasteiger partial charge in [0, 0.05) is 0 Å². The van der Waals surface area contributed by atoms with E-state index < -0.39 is 11.7 Å². The fourth-order valence-corrected chi connectivity index (χ4v) is 1.84. The lowest BCUT2D eigenvalue weighted by Gasteiger charge is -2.16. The van der Waals surface area contributed by atoms with Crippen molar-refractivity contribution in [3.8, 4) is 0 Å². The van der Waals surface area contributed by atoms with Crippen molar-refractivity contribution in [1.82, 2.24) is 5.32 Å². The molecule has 96 valence electrons. The smallest absolute Gasteiger partial charge is 0.320 e. The lowest BCUT2D eigenvalue weighted by atomic mass is 9.94. The minimum absolute atomic E-state index is 0.242. The van der Waals surface area contributed by atoms with E-state index in [0.717, 1.165) is 19.0 Å². The van der Waals surface area contributed by atoms with E-state index in [0.29, 0.717) is 12.0 Å². The zero-order valence-electron chi connectivity index (χ0n) is 10.1. The zero-order chi connectivity index (χ0) is 12.9. The first-order valence-corrected chi connectivity index (χ1v) is 5.75. The molecule has 0 saturated heterocycles. The molecule has 1 aromatic carbocycles. The molecule has 1 aromatic rings. The minimum atomic E-state index is -4.25. The summed E-state index contributed by atoms with van der Waals surface area (Å²) in [6, 6.07) is 5.82. The Hall–Kier alpha value is -1.03. The highest BCUT2D eigenvalue weighted by Gasteiger charge is 2.32. The quantitative estimate of drug-likeness (QED) is 0.837. The highest BCUT2D eigenvalue weighted by Crippen LogP contribution is 2.33. The van der Waals surface area contributed by atoms with Gasteiger partial charge < -0.3 is 5.32 Å². The molecule has 0 bridgehead atoms. The van der Waals surface area contributed by atoms with Gasteiger partial charge in [0.15, 0.2) is 0 Å². The van der Waals surface area contributed by atoms with Gasteiger partial charge in [-0.15, -0.1) is 0 Å². The van der Waals surface area contributed by atoms with E-state index in [1.54, 1.807) is 12.1 Å². The zero-order valence-corrected chi connectivity index (χ0v) is 10.1. The van der Waals surface area contributed by atoms with Crippen LogP contribution in [0.25, 0.3) is 0 Å². The summed E-state index contributed by atoms with van der Waals surface area (Å²) in [6.45, 7) is 2.81. The van der Waals surface area contributed by atoms with Gasteiger partial charge in [-0.25, -0.2) is 0 Å². The summed E-state index contributed by atoms with van der Waals surface area (Å²) in [5.41, 5.74) is -0.111. The van der Waals surface area contributed by atoms with Crippen molar-refractivity contribution in [2.24, 2.45) is 5.92 Å². The third-order valence-electron chi connectivity index (χ3n) is 2.78. The van der Waals surface area contributed by atoms with Crippen LogP contribution < -0.4 is 5.32 Å². The van der Waals surface area contributed by atoms with Crippen LogP contribution in [0.4, 0.5) is 13.2 Å². The van der Waals surface area contributed by atoms with E-state index in [9.17, 15) is 13.2 Å². The Morgan fingerprint density at radius 3 is 2.47 bits per heavy atom. The Morgan fingerprint density at radius 2 is 1.88 bits per heavy atom. The molecule has 0 aromatic heterocycles. The Morgan fingerprint density at radius 1 is 1.24 bits per heavy atom. The molecule has 0 radical (unpaired) electrons. The van der Waals surface area contributed by atoms with Gasteiger partial charge in [-0.2, -0.15) is 13.2 Å². The fourth-order valence-electron chi connectivity index (χ4n) is 1.84. The van der Waals surface area contributed by atoms with Crippen LogP contribution in [-0.2, 0) is 12.6 Å². The van der Waals surface area contributed by atoms with Gasteiger partial charge in [-0.1, -0.05) is 25.1 Å². The van der Waals surface area contributed by atoms with Crippen LogP contribution in [0.2, 0.25) is 0 Å². The van der Waals surface area contributed by atoms with Crippen molar-refractivity contribution in [3.63, 3.8) is 0 Å². The first kappa shape index (κ1) is 14.0. The highest BCUT2D eigenvalue weighted by atomic mass is 19.4. The number of hydrogen-bond acceptors (Lipinski definition) is 1. The minimum Gasteiger partial charge on any atom is -0.320 e. The van der Waals surface area contributed by atoms with Gasteiger partial charge in [-0.05, 0) is 44.0 Å². The van der Waals surface area contributed by atoms with E-state index in [-0.39, 0.29) is 5.92 Å². The highest BCUT2D eigenvalue weighted by molar-refractivity contribution is 5.29. The molecule has 0 aliphatic heterocycles. The van der Waals surface area contributed by atoms with Crippen molar-refractivity contribution < 1.29 is 13.2 Å². The summed E-state index contributed by atoms with van der Waals surface area (Å²) in [5.74, 6) is 0.242. The first-order chi connectivity index (χ1) is 7.95. The Balaban J connectivity index is 2.77. The van der Waals surface area contributed by atoms with Gasteiger partial charge in [0.1, 0.15) is 0 Å². The van der Waals surface area contributed by atoms with Gasteiger partial charge in [0.05, 0.1) is 5.56 Å². The second kappa shape index (κ2) is 6.05. The monoisotopic (exact) mass is 245 g/mol. The average Bonchev–Trinajstić information content (AvgIpc) is 2.25. The molecule has 0 fully saturated rings. The number of rotatable bonds is 5. The van der Waals surface area contributed by atoms with Crippen LogP contribution in [0, 0.1) is 5.92 Å². The van der Waals surface area contributed by atoms with Crippen molar-refractivity contribution in [3.05, 3.63) is 35.4 Å². The summed E-state index contributed by atoms with van der Waals surface area (Å²) in [7, 11) is 1.84. The molecule has 0 saturated carbocycles. The van der Waals surface area contributed by atoms with E-state index in [1.807, 2.05) is 14.0 Å². The Kier molecular flexibility index (Phi) is 5.00. The summed E-state index contributed by atoms with van der Waals surface area (Å²) in [6.07, 6.45) is -2.90. The van der Waals surface area contributed by atoms with E-state index in [4.69, 9.17) is 0 Å². The number of hydrogen-bond donors (Lipinski definition) is 1. The molecule has 1 atom stereocenters. The molecule has 0 aliphatic carbocycles. The maximum atomic E-state index is 12.7. The second-order valence-electron chi connectivity index (χ2n) is 4.36. The molecule has 0 spiro atoms. The molecule has 0 heterocycles. The molecule has 1 rings (SSSR count). The predicted molar refractivity (Wildman–Crippen MR) is 62.9 cm³/mol. The molecule has 17 heavy (non-hydrogen) atoms. The topological polar surface area (TPSA) is 12.0 Å². The van der Waals surface area contributed by atoms with Crippen molar-refractivity contribution >= 4 is 0 Å². The maximum Gasteiger partial charge on any atom is 0.416 e. The van der Waals surface area contributed by atoms with Crippen molar-refractivity contribution in [2.45, 2.75) is 25.9 Å². The first-order valence-electron chi connectivity index (χ1n) is 5.75. The summed E-state index contributed by atoms with van der Waals surface area (Å²) >= 11 is 0. The predicted octanol–water partition coefficient (Wildman–Crippen LogP) is 3.49. The van der Waals surface area contributed by atoms with Gasteiger partial charge in [-0.3, -0.25) is 0 Å². The van der Waals surface area contributed by atoms with Crippen LogP contribution >= 0.6 is 0 Å². The molecule has 1 N–H and O–H groups in total. The largest absolute Gasteiger partial charge is 0.416 e. The number of nitrogens with one attached hydrogen (secondary N) is 1. The number of alkyl halides is 3. The third-order valence-corrected chi connectivity index (χ3v) is 2.78. The molecule has 0 amide bonds. The lowest BCUT2D eigenvalue weighted by Crippen LogP contribution is -2.15. The normalized spacial score (nSPS) is 13.7. The molecule has 1 nitrogen and oxygen atoms in total. The van der Waals surface area contributed by atoms with E-state index in [1.165, 1.54) is 6.07 Å². The van der Waals surface area contributed by atoms with E-state index in [2.05, 4.69) is 5.32 Å². The maximum absolute atomic E-state index is 12.7. The summed E-state index contributed by atoms with van der Waals surface area (Å²) < 4.78 is 38.2. The van der Waals surface area contributed by atoms with Crippen molar-refractivity contribution in [1.29, 1.82) is 0 Å². The van der Waals surface area contributed by atoms with E-state index >= 15 is 0 Å². The Bertz CT molecular complexity index is 347. The Labute approximate surface area is 100 Å². The fraction of sp³-hybridized carbons (Fsp3) is 0.538. The molecule has 0 aliphatic rings. The third kappa shape index (κ3) is 4.38. The number of halogens is 3. The van der Waals surface area contributed by atoms with Gasteiger partial charge in [0.2, 0.25) is 0 Å². The lowest BCUT2D eigenvalue weighted by molar-refractivity contribution is -0.138. The standard InChI is InChI=1S/C13H18F3N/c1-10(7-8-17-2)9-11-5-3-4-6-12(11)13(14,15)16/h3-6,10,17H,7-9H2,1-2H3. The molecular formula is C13H18F3N. The SMILES string of the molecule is CNCCC(C)Cc1ccccc1C(F)(F)F. The second-order valence-corrected chi connectivity index (χ2v) is 4.36. The molecule has 4 heteroatoms. The average molecular weight is 245 g/mol. The van der Waals surface area contributed by atoms with Crippen LogP contribution in [0.1, 0.15) is 24.5 Å². The van der Waals surface area contributed by atoms with Crippen molar-refractivity contribution in [2.75, 3.05) is 13.6 Å². The van der Waals surface area contributed by atoms with Crippen LogP contribution in [0.5, 0.6) is 0 Å². The van der Waals surface area contributed by atoms with Crippen LogP contribution in [0.3, 0.4) is 0 Å². The van der Waals surface area contributed by atoms with Gasteiger partial charge >= 0.3 is 6.18 Å². The van der Waals surface area contributed by atoms with Gasteiger partial charge in [0.25, 0.3) is 0 Å². The van der Waals surface area contributed by atoms with Crippen LogP contribution in [0.15, 0.2) is 24.3 Å². The molecule has 1 unspecified atom stereocenters. The number of benzene rings is 1. The van der Waals surface area contributed by atoms with Crippen LogP contribution in [-0.4, -0.2) is 13.6 Å². The summed E-state index contributed by atoms with van der Waals surface area (Å²) in [4.78, 5) is 0.